The number of rotatable bonds is 1. The molecule has 2 aromatic heterocycles. The molecule has 0 aliphatic carbocycles. The van der Waals surface area contributed by atoms with Crippen molar-refractivity contribution in [1.82, 2.24) is 14.6 Å². The first-order chi connectivity index (χ1) is 8.65. The monoisotopic (exact) mass is 306 g/mol. The molecule has 0 fully saturated rings. The van der Waals surface area contributed by atoms with E-state index >= 15 is 0 Å². The molecule has 3 aromatic rings. The van der Waals surface area contributed by atoms with Gasteiger partial charge < -0.3 is 5.73 Å². The molecule has 0 aliphatic rings. The second-order valence-electron chi connectivity index (χ2n) is 3.79. The molecule has 90 valence electrons. The van der Waals surface area contributed by atoms with Gasteiger partial charge in [0.15, 0.2) is 11.5 Å². The van der Waals surface area contributed by atoms with Gasteiger partial charge in [-0.15, -0.1) is 5.10 Å². The lowest BCUT2D eigenvalue weighted by molar-refractivity contribution is 0.629. The number of hydrogen-bond donors (Lipinski definition) is 1. The van der Waals surface area contributed by atoms with Crippen LogP contribution in [-0.2, 0) is 0 Å². The summed E-state index contributed by atoms with van der Waals surface area (Å²) in [5.74, 6) is -0.0561. The van der Waals surface area contributed by atoms with Crippen LogP contribution in [0, 0.1) is 5.82 Å². The Morgan fingerprint density at radius 1 is 1.28 bits per heavy atom. The summed E-state index contributed by atoms with van der Waals surface area (Å²) in [6, 6.07) is 8.13. The Bertz CT molecular complexity index is 738. The Morgan fingerprint density at radius 2 is 2.11 bits per heavy atom. The van der Waals surface area contributed by atoms with E-state index in [0.29, 0.717) is 22.7 Å². The van der Waals surface area contributed by atoms with Crippen molar-refractivity contribution in [1.29, 1.82) is 0 Å². The second kappa shape index (κ2) is 4.06. The third-order valence-electron chi connectivity index (χ3n) is 2.56. The first-order valence-electron chi connectivity index (χ1n) is 5.21. The van der Waals surface area contributed by atoms with Gasteiger partial charge in [0.25, 0.3) is 0 Å². The summed E-state index contributed by atoms with van der Waals surface area (Å²) in [7, 11) is 0. The number of benzene rings is 1. The van der Waals surface area contributed by atoms with Crippen LogP contribution in [0.15, 0.2) is 41.0 Å². The number of nitrogen functional groups attached to an aromatic ring is 1. The van der Waals surface area contributed by atoms with Crippen molar-refractivity contribution in [3.8, 4) is 11.4 Å². The minimum atomic E-state index is -0.368. The van der Waals surface area contributed by atoms with E-state index in [1.165, 1.54) is 10.6 Å². The van der Waals surface area contributed by atoms with Gasteiger partial charge in [-0.05, 0) is 30.3 Å². The molecule has 0 amide bonds. The first kappa shape index (κ1) is 11.2. The van der Waals surface area contributed by atoms with Crippen LogP contribution in [0.3, 0.4) is 0 Å². The van der Waals surface area contributed by atoms with Crippen LogP contribution >= 0.6 is 15.9 Å². The molecule has 4 nitrogen and oxygen atoms in total. The minimum absolute atomic E-state index is 0.312. The normalized spacial score (nSPS) is 11.0. The molecule has 0 atom stereocenters. The molecule has 0 unspecified atom stereocenters. The zero-order valence-electron chi connectivity index (χ0n) is 9.14. The fraction of sp³-hybridized carbons (Fsp3) is 0. The van der Waals surface area contributed by atoms with Crippen molar-refractivity contribution in [2.75, 3.05) is 5.73 Å². The standard InChI is InChI=1S/C12H8BrFN4/c13-7-3-4-9(14)8(6-7)11-16-12-10(15)2-1-5-18(12)17-11/h1-6H,15H2. The summed E-state index contributed by atoms with van der Waals surface area (Å²) < 4.78 is 16.0. The third kappa shape index (κ3) is 1.74. The van der Waals surface area contributed by atoms with Gasteiger partial charge in [-0.1, -0.05) is 15.9 Å². The highest BCUT2D eigenvalue weighted by atomic mass is 79.9. The van der Waals surface area contributed by atoms with Crippen molar-refractivity contribution in [2.24, 2.45) is 0 Å². The molecule has 6 heteroatoms. The number of nitrogens with zero attached hydrogens (tertiary/aromatic N) is 3. The minimum Gasteiger partial charge on any atom is -0.396 e. The topological polar surface area (TPSA) is 56.2 Å². The Morgan fingerprint density at radius 3 is 2.89 bits per heavy atom. The highest BCUT2D eigenvalue weighted by Gasteiger charge is 2.12. The van der Waals surface area contributed by atoms with Crippen molar-refractivity contribution < 1.29 is 4.39 Å². The SMILES string of the molecule is Nc1cccn2nc(-c3cc(Br)ccc3F)nc12. The van der Waals surface area contributed by atoms with Crippen molar-refractivity contribution in [3.05, 3.63) is 46.8 Å². The molecule has 3 rings (SSSR count). The van der Waals surface area contributed by atoms with Gasteiger partial charge in [0.05, 0.1) is 11.3 Å². The van der Waals surface area contributed by atoms with E-state index in [1.807, 2.05) is 0 Å². The quantitative estimate of drug-likeness (QED) is 0.752. The van der Waals surface area contributed by atoms with Crippen LogP contribution in [0.4, 0.5) is 10.1 Å². The van der Waals surface area contributed by atoms with Crippen LogP contribution in [0.1, 0.15) is 0 Å². The maximum atomic E-state index is 13.7. The second-order valence-corrected chi connectivity index (χ2v) is 4.71. The van der Waals surface area contributed by atoms with Crippen LogP contribution < -0.4 is 5.73 Å². The largest absolute Gasteiger partial charge is 0.396 e. The molecule has 0 saturated carbocycles. The van der Waals surface area contributed by atoms with Crippen LogP contribution in [0.2, 0.25) is 0 Å². The van der Waals surface area contributed by atoms with E-state index in [1.54, 1.807) is 30.5 Å². The lowest BCUT2D eigenvalue weighted by atomic mass is 10.2. The average molecular weight is 307 g/mol. The van der Waals surface area contributed by atoms with Gasteiger partial charge in [-0.3, -0.25) is 0 Å². The summed E-state index contributed by atoms with van der Waals surface area (Å²) in [6.45, 7) is 0. The predicted octanol–water partition coefficient (Wildman–Crippen LogP) is 2.88. The maximum absolute atomic E-state index is 13.7. The molecule has 0 radical (unpaired) electrons. The number of aromatic nitrogens is 3. The molecule has 2 heterocycles. The van der Waals surface area contributed by atoms with Gasteiger partial charge >= 0.3 is 0 Å². The molecular formula is C12H8BrFN4. The lowest BCUT2D eigenvalue weighted by Gasteiger charge is -1.98. The number of nitrogens with two attached hydrogens (primary N) is 1. The lowest BCUT2D eigenvalue weighted by Crippen LogP contribution is -1.92. The van der Waals surface area contributed by atoms with Gasteiger partial charge in [-0.2, -0.15) is 0 Å². The highest BCUT2D eigenvalue weighted by Crippen LogP contribution is 2.25. The van der Waals surface area contributed by atoms with Crippen molar-refractivity contribution in [2.45, 2.75) is 0 Å². The Balaban J connectivity index is 2.26. The summed E-state index contributed by atoms with van der Waals surface area (Å²) in [5.41, 5.74) is 7.16. The Hall–Kier alpha value is -1.95. The zero-order valence-corrected chi connectivity index (χ0v) is 10.7. The first-order valence-corrected chi connectivity index (χ1v) is 6.01. The molecular weight excluding hydrogens is 299 g/mol. The Kier molecular flexibility index (Phi) is 2.52. The number of fused-ring (bicyclic) bond motifs is 1. The van der Waals surface area contributed by atoms with Gasteiger partial charge in [0, 0.05) is 10.7 Å². The zero-order chi connectivity index (χ0) is 12.7. The van der Waals surface area contributed by atoms with Crippen molar-refractivity contribution >= 4 is 27.3 Å². The average Bonchev–Trinajstić information content (AvgIpc) is 2.77. The summed E-state index contributed by atoms with van der Waals surface area (Å²) in [6.07, 6.45) is 1.72. The number of pyridine rings is 1. The van der Waals surface area contributed by atoms with Gasteiger partial charge in [0.2, 0.25) is 0 Å². The van der Waals surface area contributed by atoms with Gasteiger partial charge in [-0.25, -0.2) is 13.9 Å². The molecule has 2 N–H and O–H groups in total. The molecule has 0 bridgehead atoms. The van der Waals surface area contributed by atoms with Crippen LogP contribution in [-0.4, -0.2) is 14.6 Å². The highest BCUT2D eigenvalue weighted by molar-refractivity contribution is 9.10. The predicted molar refractivity (Wildman–Crippen MR) is 70.5 cm³/mol. The number of halogens is 2. The molecule has 0 aliphatic heterocycles. The van der Waals surface area contributed by atoms with Gasteiger partial charge in [0.1, 0.15) is 5.82 Å². The molecule has 0 spiro atoms. The van der Waals surface area contributed by atoms with Crippen LogP contribution in [0.25, 0.3) is 17.0 Å². The fourth-order valence-corrected chi connectivity index (χ4v) is 2.07. The van der Waals surface area contributed by atoms with E-state index in [4.69, 9.17) is 5.73 Å². The summed E-state index contributed by atoms with van der Waals surface area (Å²) in [4.78, 5) is 4.25. The maximum Gasteiger partial charge on any atom is 0.185 e. The third-order valence-corrected chi connectivity index (χ3v) is 3.06. The van der Waals surface area contributed by atoms with E-state index < -0.39 is 0 Å². The molecule has 18 heavy (non-hydrogen) atoms. The van der Waals surface area contributed by atoms with E-state index in [-0.39, 0.29) is 5.82 Å². The molecule has 0 saturated heterocycles. The fourth-order valence-electron chi connectivity index (χ4n) is 1.71. The number of hydrogen-bond acceptors (Lipinski definition) is 3. The van der Waals surface area contributed by atoms with E-state index in [9.17, 15) is 4.39 Å². The molecule has 1 aromatic carbocycles. The number of anilines is 1. The van der Waals surface area contributed by atoms with E-state index in [0.717, 1.165) is 4.47 Å². The summed E-state index contributed by atoms with van der Waals surface area (Å²) in [5, 5.41) is 4.21. The van der Waals surface area contributed by atoms with Crippen molar-refractivity contribution in [3.63, 3.8) is 0 Å². The summed E-state index contributed by atoms with van der Waals surface area (Å²) >= 11 is 3.30. The Labute approximate surface area is 110 Å². The van der Waals surface area contributed by atoms with Crippen LogP contribution in [0.5, 0.6) is 0 Å². The smallest absolute Gasteiger partial charge is 0.185 e. The van der Waals surface area contributed by atoms with E-state index in [2.05, 4.69) is 26.0 Å².